The van der Waals surface area contributed by atoms with Gasteiger partial charge in [0.15, 0.2) is 0 Å². The zero-order valence-electron chi connectivity index (χ0n) is 13.5. The fourth-order valence-corrected chi connectivity index (χ4v) is 1.41. The number of hydrogen-bond donors (Lipinski definition) is 0. The molecule has 0 aromatic heterocycles. The normalized spacial score (nSPS) is 10.8. The molecule has 116 valence electrons. The van der Waals surface area contributed by atoms with Gasteiger partial charge in [0.2, 0.25) is 0 Å². The standard InChI is InChI=1S/C16H28O4/c1-6-8-10-19-14(17)13(12-16(3,4)5)15(18)20-11-9-7-2/h12H,6-11H2,1-5H3. The van der Waals surface area contributed by atoms with Crippen LogP contribution in [0.5, 0.6) is 0 Å². The molecule has 0 aliphatic heterocycles. The first-order valence-electron chi connectivity index (χ1n) is 7.39. The van der Waals surface area contributed by atoms with Crippen molar-refractivity contribution in [3.63, 3.8) is 0 Å². The van der Waals surface area contributed by atoms with Crippen molar-refractivity contribution in [1.82, 2.24) is 0 Å². The molecule has 0 aliphatic rings. The first-order valence-corrected chi connectivity index (χ1v) is 7.39. The van der Waals surface area contributed by atoms with E-state index >= 15 is 0 Å². The van der Waals surface area contributed by atoms with Crippen LogP contribution in [0.2, 0.25) is 0 Å². The summed E-state index contributed by atoms with van der Waals surface area (Å²) in [5.41, 5.74) is -0.284. The SMILES string of the molecule is CCCCOC(=O)C(=CC(C)(C)C)C(=O)OCCCC. The second-order valence-electron chi connectivity index (χ2n) is 5.90. The van der Waals surface area contributed by atoms with E-state index in [2.05, 4.69) is 0 Å². The first-order chi connectivity index (χ1) is 9.31. The van der Waals surface area contributed by atoms with E-state index in [9.17, 15) is 9.59 Å². The minimum Gasteiger partial charge on any atom is -0.462 e. The summed E-state index contributed by atoms with van der Waals surface area (Å²) in [5, 5.41) is 0. The van der Waals surface area contributed by atoms with Gasteiger partial charge in [-0.1, -0.05) is 53.5 Å². The van der Waals surface area contributed by atoms with Crippen molar-refractivity contribution >= 4 is 11.9 Å². The highest BCUT2D eigenvalue weighted by Gasteiger charge is 2.24. The van der Waals surface area contributed by atoms with Gasteiger partial charge in [-0.05, 0) is 18.3 Å². The fourth-order valence-electron chi connectivity index (χ4n) is 1.41. The Morgan fingerprint density at radius 1 is 0.900 bits per heavy atom. The van der Waals surface area contributed by atoms with Gasteiger partial charge < -0.3 is 9.47 Å². The lowest BCUT2D eigenvalue weighted by Gasteiger charge is -2.15. The number of hydrogen-bond acceptors (Lipinski definition) is 4. The monoisotopic (exact) mass is 284 g/mol. The van der Waals surface area contributed by atoms with Crippen molar-refractivity contribution in [1.29, 1.82) is 0 Å². The van der Waals surface area contributed by atoms with Crippen LogP contribution >= 0.6 is 0 Å². The lowest BCUT2D eigenvalue weighted by atomic mass is 9.93. The summed E-state index contributed by atoms with van der Waals surface area (Å²) >= 11 is 0. The smallest absolute Gasteiger partial charge is 0.345 e. The van der Waals surface area contributed by atoms with Crippen LogP contribution in [0.25, 0.3) is 0 Å². The summed E-state index contributed by atoms with van der Waals surface area (Å²) < 4.78 is 10.2. The van der Waals surface area contributed by atoms with Crippen LogP contribution < -0.4 is 0 Å². The van der Waals surface area contributed by atoms with Crippen molar-refractivity contribution in [2.24, 2.45) is 5.41 Å². The van der Waals surface area contributed by atoms with Crippen molar-refractivity contribution in [2.75, 3.05) is 13.2 Å². The van der Waals surface area contributed by atoms with Gasteiger partial charge >= 0.3 is 11.9 Å². The molecule has 0 aromatic carbocycles. The van der Waals surface area contributed by atoms with E-state index in [-0.39, 0.29) is 11.0 Å². The molecule has 0 N–H and O–H groups in total. The number of carbonyl (C=O) groups is 2. The lowest BCUT2D eigenvalue weighted by molar-refractivity contribution is -0.147. The number of unbranched alkanes of at least 4 members (excludes halogenated alkanes) is 2. The summed E-state index contributed by atoms with van der Waals surface area (Å²) in [6.45, 7) is 10.5. The van der Waals surface area contributed by atoms with Gasteiger partial charge in [0.25, 0.3) is 0 Å². The predicted molar refractivity (Wildman–Crippen MR) is 79.3 cm³/mol. The highest BCUT2D eigenvalue weighted by Crippen LogP contribution is 2.19. The van der Waals surface area contributed by atoms with E-state index in [1.165, 1.54) is 0 Å². The minimum atomic E-state index is -0.588. The molecule has 0 aromatic rings. The van der Waals surface area contributed by atoms with Crippen LogP contribution in [0.4, 0.5) is 0 Å². The molecule has 0 saturated heterocycles. The third-order valence-electron chi connectivity index (χ3n) is 2.48. The molecule has 0 fully saturated rings. The molecular formula is C16H28O4. The van der Waals surface area contributed by atoms with Gasteiger partial charge in [-0.15, -0.1) is 0 Å². The van der Waals surface area contributed by atoms with Crippen LogP contribution in [0.3, 0.4) is 0 Å². The Bertz CT molecular complexity index is 313. The van der Waals surface area contributed by atoms with Crippen LogP contribution in [0.15, 0.2) is 11.6 Å². The van der Waals surface area contributed by atoms with E-state index < -0.39 is 11.9 Å². The Morgan fingerprint density at radius 2 is 1.30 bits per heavy atom. The number of carbonyl (C=O) groups excluding carboxylic acids is 2. The Hall–Kier alpha value is -1.32. The van der Waals surface area contributed by atoms with Crippen LogP contribution in [0.1, 0.15) is 60.3 Å². The van der Waals surface area contributed by atoms with Crippen molar-refractivity contribution in [2.45, 2.75) is 60.3 Å². The Kier molecular flexibility index (Phi) is 8.93. The number of ether oxygens (including phenoxy) is 2. The number of rotatable bonds is 8. The van der Waals surface area contributed by atoms with Crippen molar-refractivity contribution in [3.8, 4) is 0 Å². The predicted octanol–water partition coefficient (Wildman–Crippen LogP) is 3.65. The fraction of sp³-hybridized carbons (Fsp3) is 0.750. The maximum Gasteiger partial charge on any atom is 0.345 e. The van der Waals surface area contributed by atoms with E-state index in [1.807, 2.05) is 34.6 Å². The molecular weight excluding hydrogens is 256 g/mol. The number of esters is 2. The van der Waals surface area contributed by atoms with Crippen LogP contribution in [-0.4, -0.2) is 25.2 Å². The van der Waals surface area contributed by atoms with Gasteiger partial charge in [-0.3, -0.25) is 0 Å². The molecule has 0 radical (unpaired) electrons. The average molecular weight is 284 g/mol. The molecule has 0 rings (SSSR count). The molecule has 0 amide bonds. The average Bonchev–Trinajstić information content (AvgIpc) is 2.35. The van der Waals surface area contributed by atoms with Gasteiger partial charge in [0.05, 0.1) is 13.2 Å². The van der Waals surface area contributed by atoms with Crippen LogP contribution in [0, 0.1) is 5.41 Å². The molecule has 4 heteroatoms. The van der Waals surface area contributed by atoms with E-state index in [0.717, 1.165) is 25.7 Å². The topological polar surface area (TPSA) is 52.6 Å². The molecule has 0 aliphatic carbocycles. The third kappa shape index (κ3) is 8.73. The first kappa shape index (κ1) is 18.7. The van der Waals surface area contributed by atoms with Gasteiger partial charge in [-0.2, -0.15) is 0 Å². The molecule has 4 nitrogen and oxygen atoms in total. The summed E-state index contributed by atoms with van der Waals surface area (Å²) in [6, 6.07) is 0. The highest BCUT2D eigenvalue weighted by molar-refractivity contribution is 6.14. The Morgan fingerprint density at radius 3 is 1.60 bits per heavy atom. The molecule has 0 unspecified atom stereocenters. The molecule has 0 spiro atoms. The quantitative estimate of drug-likeness (QED) is 0.224. The Labute approximate surface area is 122 Å². The second-order valence-corrected chi connectivity index (χ2v) is 5.90. The van der Waals surface area contributed by atoms with Crippen LogP contribution in [-0.2, 0) is 19.1 Å². The molecule has 0 heterocycles. The zero-order chi connectivity index (χ0) is 15.6. The van der Waals surface area contributed by atoms with Crippen molar-refractivity contribution in [3.05, 3.63) is 11.6 Å². The maximum atomic E-state index is 12.0. The molecule has 0 bridgehead atoms. The largest absolute Gasteiger partial charge is 0.462 e. The summed E-state index contributed by atoms with van der Waals surface area (Å²) in [7, 11) is 0. The van der Waals surface area contributed by atoms with Crippen molar-refractivity contribution < 1.29 is 19.1 Å². The molecule has 0 atom stereocenters. The molecule has 0 saturated carbocycles. The summed E-state index contributed by atoms with van der Waals surface area (Å²) in [6.07, 6.45) is 5.08. The number of allylic oxidation sites excluding steroid dienone is 1. The molecule has 20 heavy (non-hydrogen) atoms. The minimum absolute atomic E-state index is 0.00436. The summed E-state index contributed by atoms with van der Waals surface area (Å²) in [5.74, 6) is -1.18. The zero-order valence-corrected chi connectivity index (χ0v) is 13.5. The Balaban J connectivity index is 4.77. The second kappa shape index (κ2) is 9.56. The highest BCUT2D eigenvalue weighted by atomic mass is 16.6. The van der Waals surface area contributed by atoms with Gasteiger partial charge in [-0.25, -0.2) is 9.59 Å². The van der Waals surface area contributed by atoms with E-state index in [1.54, 1.807) is 6.08 Å². The maximum absolute atomic E-state index is 12.0. The third-order valence-corrected chi connectivity index (χ3v) is 2.48. The van der Waals surface area contributed by atoms with E-state index in [4.69, 9.17) is 9.47 Å². The lowest BCUT2D eigenvalue weighted by Crippen LogP contribution is -2.21. The summed E-state index contributed by atoms with van der Waals surface area (Å²) in [4.78, 5) is 24.0. The van der Waals surface area contributed by atoms with E-state index in [0.29, 0.717) is 13.2 Å². The van der Waals surface area contributed by atoms with Gasteiger partial charge in [0.1, 0.15) is 5.57 Å². The van der Waals surface area contributed by atoms with Gasteiger partial charge in [0, 0.05) is 0 Å².